The third-order valence-corrected chi connectivity index (χ3v) is 5.25. The molecule has 1 N–H and O–H groups in total. The van der Waals surface area contributed by atoms with Crippen LogP contribution in [0.15, 0.2) is 0 Å². The van der Waals surface area contributed by atoms with E-state index in [2.05, 4.69) is 0 Å². The van der Waals surface area contributed by atoms with Gasteiger partial charge in [-0.05, 0) is 43.4 Å². The average Bonchev–Trinajstić information content (AvgIpc) is 3.10. The quantitative estimate of drug-likeness (QED) is 0.848. The zero-order valence-corrected chi connectivity index (χ0v) is 11.8. The minimum atomic E-state index is -0.822. The Hall–Kier alpha value is -1.10. The zero-order chi connectivity index (χ0) is 14.1. The highest BCUT2D eigenvalue weighted by Crippen LogP contribution is 2.42. The Morgan fingerprint density at radius 2 is 2.10 bits per heavy atom. The minimum absolute atomic E-state index is 0.0266. The van der Waals surface area contributed by atoms with Crippen LogP contribution in [0.5, 0.6) is 0 Å². The van der Waals surface area contributed by atoms with Crippen LogP contribution in [0.2, 0.25) is 0 Å². The predicted molar refractivity (Wildman–Crippen MR) is 72.1 cm³/mol. The number of hydrogen-bond donors (Lipinski definition) is 1. The Bertz CT molecular complexity index is 391. The maximum atomic E-state index is 12.4. The van der Waals surface area contributed by atoms with Crippen molar-refractivity contribution in [3.8, 4) is 0 Å². The molecule has 0 unspecified atom stereocenters. The van der Waals surface area contributed by atoms with Crippen molar-refractivity contribution >= 4 is 11.9 Å². The van der Waals surface area contributed by atoms with Crippen LogP contribution in [0.25, 0.3) is 0 Å². The van der Waals surface area contributed by atoms with Crippen molar-refractivity contribution in [2.75, 3.05) is 19.8 Å². The minimum Gasteiger partial charge on any atom is -0.480 e. The molecule has 2 saturated heterocycles. The number of rotatable bonds is 4. The van der Waals surface area contributed by atoms with Gasteiger partial charge in [0, 0.05) is 26.2 Å². The van der Waals surface area contributed by atoms with Gasteiger partial charge >= 0.3 is 5.97 Å². The second kappa shape index (κ2) is 5.72. The molecule has 20 heavy (non-hydrogen) atoms. The van der Waals surface area contributed by atoms with Gasteiger partial charge in [0.1, 0.15) is 6.04 Å². The molecule has 112 valence electrons. The van der Waals surface area contributed by atoms with Crippen LogP contribution in [0.3, 0.4) is 0 Å². The summed E-state index contributed by atoms with van der Waals surface area (Å²) in [5.41, 5.74) is 0. The molecule has 3 aliphatic rings. The van der Waals surface area contributed by atoms with Crippen molar-refractivity contribution in [3.63, 3.8) is 0 Å². The van der Waals surface area contributed by atoms with Gasteiger partial charge in [0.25, 0.3) is 0 Å². The lowest BCUT2D eigenvalue weighted by molar-refractivity contribution is -0.149. The van der Waals surface area contributed by atoms with E-state index in [1.807, 2.05) is 0 Å². The summed E-state index contributed by atoms with van der Waals surface area (Å²) in [6.07, 6.45) is 5.48. The number of amides is 1. The maximum Gasteiger partial charge on any atom is 0.326 e. The molecule has 0 spiro atoms. The van der Waals surface area contributed by atoms with Crippen LogP contribution in [0, 0.1) is 17.8 Å². The summed E-state index contributed by atoms with van der Waals surface area (Å²) < 4.78 is 5.32. The van der Waals surface area contributed by atoms with Gasteiger partial charge in [-0.3, -0.25) is 4.79 Å². The van der Waals surface area contributed by atoms with Crippen molar-refractivity contribution in [1.82, 2.24) is 4.90 Å². The summed E-state index contributed by atoms with van der Waals surface area (Å²) in [5, 5.41) is 9.45. The van der Waals surface area contributed by atoms with E-state index in [1.165, 1.54) is 0 Å². The van der Waals surface area contributed by atoms with E-state index < -0.39 is 12.0 Å². The number of ether oxygens (including phenoxy) is 1. The third-order valence-electron chi connectivity index (χ3n) is 5.25. The lowest BCUT2D eigenvalue weighted by Crippen LogP contribution is -2.43. The van der Waals surface area contributed by atoms with Crippen molar-refractivity contribution in [1.29, 1.82) is 0 Å². The molecular weight excluding hydrogens is 258 g/mol. The van der Waals surface area contributed by atoms with Crippen LogP contribution < -0.4 is 0 Å². The molecule has 1 saturated carbocycles. The number of carbonyl (C=O) groups is 2. The Labute approximate surface area is 119 Å². The molecule has 0 aromatic heterocycles. The van der Waals surface area contributed by atoms with Gasteiger partial charge in [-0.1, -0.05) is 6.42 Å². The number of aliphatic carboxylic acids is 1. The number of hydrogen-bond acceptors (Lipinski definition) is 3. The van der Waals surface area contributed by atoms with Gasteiger partial charge in [0.05, 0.1) is 0 Å². The van der Waals surface area contributed by atoms with Crippen LogP contribution in [-0.4, -0.2) is 47.7 Å². The number of nitrogens with zero attached hydrogens (tertiary/aromatic N) is 1. The standard InChI is InChI=1S/C15H23NO4/c17-13(5-4-10-6-7-20-9-10)16-8-11-2-1-3-12(11)14(16)15(18)19/h10-12,14H,1-9H2,(H,18,19)/t10-,11+,12+,14-/m0/s1. The fourth-order valence-electron chi connectivity index (χ4n) is 4.16. The van der Waals surface area contributed by atoms with Gasteiger partial charge in [-0.15, -0.1) is 0 Å². The number of fused-ring (bicyclic) bond motifs is 1. The molecule has 1 aliphatic carbocycles. The summed E-state index contributed by atoms with van der Waals surface area (Å²) in [4.78, 5) is 25.5. The van der Waals surface area contributed by atoms with Crippen molar-refractivity contribution in [3.05, 3.63) is 0 Å². The SMILES string of the molecule is O=C(O)[C@@H]1[C@@H]2CCC[C@@H]2CN1C(=O)CC[C@H]1CCOC1. The van der Waals surface area contributed by atoms with E-state index in [0.29, 0.717) is 24.8 Å². The normalized spacial score (nSPS) is 36.3. The second-order valence-electron chi connectivity index (χ2n) is 6.45. The monoisotopic (exact) mass is 281 g/mol. The molecule has 5 heteroatoms. The molecule has 5 nitrogen and oxygen atoms in total. The van der Waals surface area contributed by atoms with E-state index in [0.717, 1.165) is 45.3 Å². The van der Waals surface area contributed by atoms with Crippen molar-refractivity contribution in [2.45, 2.75) is 44.6 Å². The van der Waals surface area contributed by atoms with Gasteiger partial charge in [0.2, 0.25) is 5.91 Å². The molecular formula is C15H23NO4. The molecule has 0 aromatic carbocycles. The highest BCUT2D eigenvalue weighted by Gasteiger charge is 2.49. The van der Waals surface area contributed by atoms with E-state index >= 15 is 0 Å². The summed E-state index contributed by atoms with van der Waals surface area (Å²) in [6, 6.07) is -0.574. The molecule has 1 amide bonds. The van der Waals surface area contributed by atoms with Gasteiger partial charge < -0.3 is 14.7 Å². The molecule has 2 heterocycles. The number of carboxylic acids is 1. The fraction of sp³-hybridized carbons (Fsp3) is 0.867. The van der Waals surface area contributed by atoms with Crippen LogP contribution in [0.1, 0.15) is 38.5 Å². The van der Waals surface area contributed by atoms with Crippen LogP contribution in [-0.2, 0) is 14.3 Å². The van der Waals surface area contributed by atoms with E-state index in [-0.39, 0.29) is 11.8 Å². The molecule has 3 rings (SSSR count). The Balaban J connectivity index is 1.59. The van der Waals surface area contributed by atoms with E-state index in [9.17, 15) is 14.7 Å². The fourth-order valence-corrected chi connectivity index (χ4v) is 4.16. The second-order valence-corrected chi connectivity index (χ2v) is 6.45. The van der Waals surface area contributed by atoms with E-state index in [1.54, 1.807) is 4.90 Å². The van der Waals surface area contributed by atoms with E-state index in [4.69, 9.17) is 4.74 Å². The Kier molecular flexibility index (Phi) is 3.96. The third kappa shape index (κ3) is 2.55. The zero-order valence-electron chi connectivity index (χ0n) is 11.8. The predicted octanol–water partition coefficient (Wildman–Crippen LogP) is 1.51. The van der Waals surface area contributed by atoms with Gasteiger partial charge in [0.15, 0.2) is 0 Å². The molecule has 0 radical (unpaired) electrons. The van der Waals surface area contributed by atoms with Gasteiger partial charge in [-0.2, -0.15) is 0 Å². The first kappa shape index (κ1) is 13.9. The summed E-state index contributed by atoms with van der Waals surface area (Å²) in [7, 11) is 0. The highest BCUT2D eigenvalue weighted by atomic mass is 16.5. The summed E-state index contributed by atoms with van der Waals surface area (Å²) >= 11 is 0. The molecule has 0 aromatic rings. The largest absolute Gasteiger partial charge is 0.480 e. The average molecular weight is 281 g/mol. The first-order valence-electron chi connectivity index (χ1n) is 7.77. The molecule has 4 atom stereocenters. The molecule has 3 fully saturated rings. The first-order chi connectivity index (χ1) is 9.66. The summed E-state index contributed by atoms with van der Waals surface area (Å²) in [5.74, 6) is 0.279. The number of likely N-dealkylation sites (tertiary alicyclic amines) is 1. The summed E-state index contributed by atoms with van der Waals surface area (Å²) in [6.45, 7) is 2.20. The Morgan fingerprint density at radius 1 is 1.25 bits per heavy atom. The number of carboxylic acid groups (broad SMARTS) is 1. The van der Waals surface area contributed by atoms with Gasteiger partial charge in [-0.25, -0.2) is 4.79 Å². The molecule has 0 bridgehead atoms. The lowest BCUT2D eigenvalue weighted by atomic mass is 9.94. The maximum absolute atomic E-state index is 12.4. The van der Waals surface area contributed by atoms with Crippen molar-refractivity contribution in [2.24, 2.45) is 17.8 Å². The number of carbonyl (C=O) groups excluding carboxylic acids is 1. The first-order valence-corrected chi connectivity index (χ1v) is 7.77. The van der Waals surface area contributed by atoms with Crippen LogP contribution in [0.4, 0.5) is 0 Å². The Morgan fingerprint density at radius 3 is 2.80 bits per heavy atom. The smallest absolute Gasteiger partial charge is 0.326 e. The topological polar surface area (TPSA) is 66.8 Å². The highest BCUT2D eigenvalue weighted by molar-refractivity contribution is 5.84. The van der Waals surface area contributed by atoms with Crippen molar-refractivity contribution < 1.29 is 19.4 Å². The van der Waals surface area contributed by atoms with Crippen LogP contribution >= 0.6 is 0 Å². The lowest BCUT2D eigenvalue weighted by Gasteiger charge is -2.24. The molecule has 2 aliphatic heterocycles.